The second kappa shape index (κ2) is 9.53. The lowest BCUT2D eigenvalue weighted by molar-refractivity contribution is -0.117. The standard InChI is InChI=1S/C28H26N2O7S/c1-13-9-14(2)22-20(10-13)38-28(29-22)30-23(16-11-18(34-4)26(36-6)19(12-16)35-5)21(25(32)27(30)33)24(31)17-8-7-15(3)37-17/h7-12,23,32H,1-6H3/t23-/m0/s1. The van der Waals surface area contributed by atoms with Crippen molar-refractivity contribution in [1.82, 2.24) is 4.98 Å². The quantitative estimate of drug-likeness (QED) is 0.304. The summed E-state index contributed by atoms with van der Waals surface area (Å²) in [5.74, 6) is -0.488. The van der Waals surface area contributed by atoms with Gasteiger partial charge in [-0.05, 0) is 67.8 Å². The Morgan fingerprint density at radius 1 is 1.03 bits per heavy atom. The van der Waals surface area contributed by atoms with Crippen molar-refractivity contribution >= 4 is 38.4 Å². The summed E-state index contributed by atoms with van der Waals surface area (Å²) in [6.45, 7) is 5.64. The fourth-order valence-electron chi connectivity index (χ4n) is 4.76. The Kier molecular flexibility index (Phi) is 6.36. The molecule has 1 aliphatic rings. The molecule has 0 unspecified atom stereocenters. The molecule has 38 heavy (non-hydrogen) atoms. The molecule has 2 aromatic heterocycles. The molecule has 5 rings (SSSR count). The second-order valence-corrected chi connectivity index (χ2v) is 9.97. The van der Waals surface area contributed by atoms with Crippen molar-refractivity contribution in [2.24, 2.45) is 0 Å². The lowest BCUT2D eigenvalue weighted by Crippen LogP contribution is -2.31. The normalized spacial score (nSPS) is 15.5. The zero-order valence-corrected chi connectivity index (χ0v) is 22.6. The number of rotatable bonds is 7. The minimum Gasteiger partial charge on any atom is -0.503 e. The van der Waals surface area contributed by atoms with E-state index in [0.717, 1.165) is 21.3 Å². The van der Waals surface area contributed by atoms with Crippen LogP contribution in [0.3, 0.4) is 0 Å². The molecule has 9 nitrogen and oxygen atoms in total. The highest BCUT2D eigenvalue weighted by Crippen LogP contribution is 2.48. The van der Waals surface area contributed by atoms with Crippen molar-refractivity contribution in [2.75, 3.05) is 26.2 Å². The number of ether oxygens (including phenoxy) is 3. The van der Waals surface area contributed by atoms with E-state index in [-0.39, 0.29) is 11.3 Å². The Labute approximate surface area is 222 Å². The molecular weight excluding hydrogens is 508 g/mol. The number of furan rings is 1. The number of Topliss-reactive ketones (excluding diaryl/α,β-unsaturated/α-hetero) is 1. The number of hydrogen-bond donors (Lipinski definition) is 1. The van der Waals surface area contributed by atoms with Gasteiger partial charge in [0.15, 0.2) is 28.1 Å². The van der Waals surface area contributed by atoms with Crippen molar-refractivity contribution in [2.45, 2.75) is 26.8 Å². The number of carbonyl (C=O) groups excluding carboxylic acids is 2. The number of fused-ring (bicyclic) bond motifs is 1. The number of aryl methyl sites for hydroxylation is 3. The van der Waals surface area contributed by atoms with Gasteiger partial charge in [-0.3, -0.25) is 14.5 Å². The molecule has 0 saturated carbocycles. The van der Waals surface area contributed by atoms with Gasteiger partial charge in [0.1, 0.15) is 5.76 Å². The highest BCUT2D eigenvalue weighted by molar-refractivity contribution is 7.22. The molecule has 3 heterocycles. The van der Waals surface area contributed by atoms with Crippen molar-refractivity contribution < 1.29 is 33.3 Å². The van der Waals surface area contributed by atoms with Crippen molar-refractivity contribution in [3.05, 3.63) is 75.9 Å². The average Bonchev–Trinajstić information content (AvgIpc) is 3.59. The fourth-order valence-corrected chi connectivity index (χ4v) is 5.93. The van der Waals surface area contributed by atoms with Crippen molar-refractivity contribution in [3.8, 4) is 17.2 Å². The largest absolute Gasteiger partial charge is 0.503 e. The summed E-state index contributed by atoms with van der Waals surface area (Å²) in [6, 6.07) is 9.41. The molecule has 4 aromatic rings. The summed E-state index contributed by atoms with van der Waals surface area (Å²) in [6.07, 6.45) is 0. The van der Waals surface area contributed by atoms with Crippen LogP contribution in [0.25, 0.3) is 10.2 Å². The summed E-state index contributed by atoms with van der Waals surface area (Å²) in [5, 5.41) is 11.4. The average molecular weight is 535 g/mol. The van der Waals surface area contributed by atoms with E-state index in [0.29, 0.717) is 33.7 Å². The molecule has 10 heteroatoms. The van der Waals surface area contributed by atoms with E-state index in [1.165, 1.54) is 43.6 Å². The second-order valence-electron chi connectivity index (χ2n) is 8.96. The maximum atomic E-state index is 13.7. The van der Waals surface area contributed by atoms with Crippen LogP contribution in [-0.4, -0.2) is 43.1 Å². The Balaban J connectivity index is 1.75. The summed E-state index contributed by atoms with van der Waals surface area (Å²) < 4.78 is 23.0. The molecular formula is C28H26N2O7S. The minimum absolute atomic E-state index is 0.00640. The highest BCUT2D eigenvalue weighted by atomic mass is 32.1. The molecule has 1 N–H and O–H groups in total. The third-order valence-corrected chi connectivity index (χ3v) is 7.45. The van der Waals surface area contributed by atoms with E-state index in [1.54, 1.807) is 25.1 Å². The van der Waals surface area contributed by atoms with Gasteiger partial charge in [0.2, 0.25) is 11.5 Å². The van der Waals surface area contributed by atoms with Gasteiger partial charge in [-0.1, -0.05) is 17.4 Å². The maximum absolute atomic E-state index is 13.7. The van der Waals surface area contributed by atoms with Gasteiger partial charge in [0.25, 0.3) is 5.91 Å². The molecule has 0 spiro atoms. The number of thiazole rings is 1. The molecule has 1 atom stereocenters. The first-order valence-corrected chi connectivity index (χ1v) is 12.6. The summed E-state index contributed by atoms with van der Waals surface area (Å²) in [7, 11) is 4.43. The number of ketones is 1. The third-order valence-electron chi connectivity index (χ3n) is 6.44. The molecule has 0 fully saturated rings. The van der Waals surface area contributed by atoms with E-state index >= 15 is 0 Å². The Hall–Kier alpha value is -4.31. The maximum Gasteiger partial charge on any atom is 0.296 e. The van der Waals surface area contributed by atoms with Crippen LogP contribution in [0.2, 0.25) is 0 Å². The number of hydrogen-bond acceptors (Lipinski definition) is 9. The van der Waals surface area contributed by atoms with E-state index in [2.05, 4.69) is 0 Å². The van der Waals surface area contributed by atoms with Crippen LogP contribution >= 0.6 is 11.3 Å². The predicted octanol–water partition coefficient (Wildman–Crippen LogP) is 5.62. The van der Waals surface area contributed by atoms with Crippen LogP contribution < -0.4 is 19.1 Å². The smallest absolute Gasteiger partial charge is 0.296 e. The van der Waals surface area contributed by atoms with Gasteiger partial charge in [-0.2, -0.15) is 0 Å². The van der Waals surface area contributed by atoms with Crippen LogP contribution in [0.1, 0.15) is 39.0 Å². The first-order valence-electron chi connectivity index (χ1n) is 11.7. The van der Waals surface area contributed by atoms with Gasteiger partial charge in [-0.25, -0.2) is 4.98 Å². The van der Waals surface area contributed by atoms with Gasteiger partial charge in [-0.15, -0.1) is 0 Å². The molecule has 0 bridgehead atoms. The van der Waals surface area contributed by atoms with E-state index < -0.39 is 23.5 Å². The summed E-state index contributed by atoms with van der Waals surface area (Å²) >= 11 is 1.30. The highest BCUT2D eigenvalue weighted by Gasteiger charge is 2.47. The fraction of sp³-hybridized carbons (Fsp3) is 0.250. The third kappa shape index (κ3) is 3.97. The van der Waals surface area contributed by atoms with Crippen LogP contribution in [0.15, 0.2) is 52.1 Å². The molecule has 196 valence electrons. The number of aromatic nitrogens is 1. The van der Waals surface area contributed by atoms with E-state index in [1.807, 2.05) is 26.0 Å². The number of aliphatic hydroxyl groups is 1. The molecule has 1 aliphatic heterocycles. The zero-order chi connectivity index (χ0) is 27.3. The van der Waals surface area contributed by atoms with E-state index in [9.17, 15) is 14.7 Å². The van der Waals surface area contributed by atoms with Crippen LogP contribution in [0, 0.1) is 20.8 Å². The lowest BCUT2D eigenvalue weighted by Gasteiger charge is -2.25. The SMILES string of the molecule is COc1cc([C@H]2C(C(=O)c3ccc(C)o3)=C(O)C(=O)N2c2nc3c(C)cc(C)cc3s2)cc(OC)c1OC. The first-order chi connectivity index (χ1) is 18.2. The topological polar surface area (TPSA) is 111 Å². The van der Waals surface area contributed by atoms with Gasteiger partial charge < -0.3 is 23.7 Å². The molecule has 0 saturated heterocycles. The summed E-state index contributed by atoms with van der Waals surface area (Å²) in [4.78, 5) is 33.4. The van der Waals surface area contributed by atoms with Gasteiger partial charge >= 0.3 is 0 Å². The molecule has 1 amide bonds. The Morgan fingerprint density at radius 3 is 2.29 bits per heavy atom. The number of benzene rings is 2. The number of aliphatic hydroxyl groups excluding tert-OH is 1. The number of carbonyl (C=O) groups is 2. The van der Waals surface area contributed by atoms with Crippen LogP contribution in [-0.2, 0) is 4.79 Å². The number of methoxy groups -OCH3 is 3. The van der Waals surface area contributed by atoms with Crippen molar-refractivity contribution in [3.63, 3.8) is 0 Å². The first kappa shape index (κ1) is 25.3. The van der Waals surface area contributed by atoms with Gasteiger partial charge in [0.05, 0.1) is 43.2 Å². The molecule has 0 aliphatic carbocycles. The van der Waals surface area contributed by atoms with Crippen LogP contribution in [0.5, 0.6) is 17.2 Å². The molecule has 2 aromatic carbocycles. The Morgan fingerprint density at radius 2 is 1.71 bits per heavy atom. The minimum atomic E-state index is -1.05. The van der Waals surface area contributed by atoms with Gasteiger partial charge in [0, 0.05) is 0 Å². The monoisotopic (exact) mass is 534 g/mol. The zero-order valence-electron chi connectivity index (χ0n) is 21.7. The number of anilines is 1. The number of nitrogens with zero attached hydrogens (tertiary/aromatic N) is 2. The van der Waals surface area contributed by atoms with Crippen LogP contribution in [0.4, 0.5) is 5.13 Å². The number of amides is 1. The van der Waals surface area contributed by atoms with E-state index in [4.69, 9.17) is 23.6 Å². The predicted molar refractivity (Wildman–Crippen MR) is 143 cm³/mol. The van der Waals surface area contributed by atoms with Crippen molar-refractivity contribution in [1.29, 1.82) is 0 Å². The molecule has 0 radical (unpaired) electrons. The Bertz CT molecular complexity index is 1610. The summed E-state index contributed by atoms with van der Waals surface area (Å²) in [5.41, 5.74) is 3.08. The lowest BCUT2D eigenvalue weighted by atomic mass is 9.94.